The molecule has 0 aromatic rings. The van der Waals surface area contributed by atoms with Crippen molar-refractivity contribution in [1.82, 2.24) is 4.90 Å². The molecule has 1 aliphatic rings. The lowest BCUT2D eigenvalue weighted by molar-refractivity contribution is 0.166. The van der Waals surface area contributed by atoms with Gasteiger partial charge in [0.15, 0.2) is 0 Å². The molecular formula is C6H10N2S2. The van der Waals surface area contributed by atoms with E-state index in [4.69, 9.17) is 5.26 Å². The molecule has 1 heterocycles. The molecule has 1 aliphatic heterocycles. The van der Waals surface area contributed by atoms with Crippen LogP contribution in [0.1, 0.15) is 0 Å². The van der Waals surface area contributed by atoms with Gasteiger partial charge in [0, 0.05) is 24.1 Å². The van der Waals surface area contributed by atoms with Crippen LogP contribution in [0.25, 0.3) is 0 Å². The molecule has 0 aliphatic carbocycles. The third kappa shape index (κ3) is 2.08. The van der Waals surface area contributed by atoms with E-state index in [-0.39, 0.29) is 0 Å². The third-order valence-electron chi connectivity index (χ3n) is 1.50. The molecule has 0 amide bonds. The Morgan fingerprint density at radius 1 is 1.70 bits per heavy atom. The highest BCUT2D eigenvalue weighted by Crippen LogP contribution is 2.17. The number of thioether (sulfide) groups is 1. The largest absolute Gasteiger partial charge is 0.291 e. The molecule has 56 valence electrons. The predicted octanol–water partition coefficient (Wildman–Crippen LogP) is 1.02. The Bertz CT molecular complexity index is 137. The van der Waals surface area contributed by atoms with E-state index >= 15 is 0 Å². The van der Waals surface area contributed by atoms with E-state index in [1.807, 2.05) is 0 Å². The Balaban J connectivity index is 1.99. The summed E-state index contributed by atoms with van der Waals surface area (Å²) in [4.78, 5) is 2.26. The first kappa shape index (κ1) is 8.25. The van der Waals surface area contributed by atoms with Crippen LogP contribution < -0.4 is 0 Å². The number of thiol groups is 1. The van der Waals surface area contributed by atoms with Crippen LogP contribution >= 0.6 is 24.4 Å². The Labute approximate surface area is 71.0 Å². The van der Waals surface area contributed by atoms with E-state index in [1.54, 1.807) is 11.8 Å². The summed E-state index contributed by atoms with van der Waals surface area (Å²) in [5.41, 5.74) is 0. The summed E-state index contributed by atoms with van der Waals surface area (Å²) in [6.07, 6.45) is 0. The molecule has 1 fully saturated rings. The van der Waals surface area contributed by atoms with Crippen molar-refractivity contribution in [2.75, 3.05) is 24.1 Å². The molecule has 0 unspecified atom stereocenters. The predicted molar refractivity (Wildman–Crippen MR) is 47.0 cm³/mol. The van der Waals surface area contributed by atoms with Crippen molar-refractivity contribution in [2.45, 2.75) is 0 Å². The molecule has 2 nitrogen and oxygen atoms in total. The first-order chi connectivity index (χ1) is 4.86. The summed E-state index contributed by atoms with van der Waals surface area (Å²) < 4.78 is 0. The Morgan fingerprint density at radius 3 is 2.90 bits per heavy atom. The van der Waals surface area contributed by atoms with Gasteiger partial charge in [-0.05, 0) is 0 Å². The highest BCUT2D eigenvalue weighted by Gasteiger charge is 2.25. The van der Waals surface area contributed by atoms with Gasteiger partial charge in [-0.2, -0.15) is 17.9 Å². The van der Waals surface area contributed by atoms with Crippen molar-refractivity contribution in [2.24, 2.45) is 5.92 Å². The number of nitriles is 1. The van der Waals surface area contributed by atoms with Gasteiger partial charge in [0.25, 0.3) is 0 Å². The minimum atomic E-state index is 0.292. The zero-order chi connectivity index (χ0) is 7.40. The van der Waals surface area contributed by atoms with Gasteiger partial charge >= 0.3 is 0 Å². The summed E-state index contributed by atoms with van der Waals surface area (Å²) in [5.74, 6) is 1.32. The first-order valence-corrected chi connectivity index (χ1v) is 4.96. The lowest BCUT2D eigenvalue weighted by Crippen LogP contribution is -2.45. The van der Waals surface area contributed by atoms with E-state index in [2.05, 4.69) is 23.6 Å². The monoisotopic (exact) mass is 174 g/mol. The Morgan fingerprint density at radius 2 is 2.40 bits per heavy atom. The van der Waals surface area contributed by atoms with Crippen molar-refractivity contribution in [3.63, 3.8) is 0 Å². The topological polar surface area (TPSA) is 27.0 Å². The van der Waals surface area contributed by atoms with Crippen molar-refractivity contribution < 1.29 is 0 Å². The number of hydrogen-bond acceptors (Lipinski definition) is 4. The molecule has 0 spiro atoms. The van der Waals surface area contributed by atoms with E-state index in [9.17, 15) is 0 Å². The highest BCUT2D eigenvalue weighted by atomic mass is 32.2. The first-order valence-electron chi connectivity index (χ1n) is 3.17. The van der Waals surface area contributed by atoms with Crippen LogP contribution in [0.4, 0.5) is 0 Å². The van der Waals surface area contributed by atoms with Gasteiger partial charge in [-0.1, -0.05) is 0 Å². The SMILES string of the molecule is N#CC1CN(CSCS)C1. The summed E-state index contributed by atoms with van der Waals surface area (Å²) in [6.45, 7) is 1.91. The van der Waals surface area contributed by atoms with Gasteiger partial charge < -0.3 is 0 Å². The van der Waals surface area contributed by atoms with Gasteiger partial charge in [-0.25, -0.2) is 0 Å². The van der Waals surface area contributed by atoms with E-state index in [0.717, 1.165) is 24.1 Å². The summed E-state index contributed by atoms with van der Waals surface area (Å²) in [7, 11) is 0. The van der Waals surface area contributed by atoms with Gasteiger partial charge in [-0.15, -0.1) is 11.8 Å². The fourth-order valence-electron chi connectivity index (χ4n) is 0.927. The van der Waals surface area contributed by atoms with Gasteiger partial charge in [0.05, 0.1) is 12.0 Å². The number of hydrogen-bond donors (Lipinski definition) is 1. The standard InChI is InChI=1S/C6H10N2S2/c7-1-6-2-8(3-6)4-10-5-9/h6,9H,2-5H2. The normalized spacial score (nSPS) is 20.0. The molecule has 1 saturated heterocycles. The van der Waals surface area contributed by atoms with Gasteiger partial charge in [0.1, 0.15) is 0 Å². The minimum absolute atomic E-state index is 0.292. The number of nitrogens with zero attached hydrogens (tertiary/aromatic N) is 2. The second kappa shape index (κ2) is 4.12. The maximum Gasteiger partial charge on any atom is 0.0718 e. The molecule has 1 rings (SSSR count). The van der Waals surface area contributed by atoms with Crippen LogP contribution in [-0.4, -0.2) is 29.0 Å². The van der Waals surface area contributed by atoms with Crippen LogP contribution in [0.15, 0.2) is 0 Å². The average Bonchev–Trinajstić information content (AvgIpc) is 1.86. The van der Waals surface area contributed by atoms with Crippen LogP contribution in [0.2, 0.25) is 0 Å². The molecule has 0 saturated carbocycles. The van der Waals surface area contributed by atoms with E-state index in [0.29, 0.717) is 5.92 Å². The zero-order valence-corrected chi connectivity index (χ0v) is 7.37. The van der Waals surface area contributed by atoms with Crippen LogP contribution in [-0.2, 0) is 0 Å². The van der Waals surface area contributed by atoms with Gasteiger partial charge in [-0.3, -0.25) is 4.90 Å². The van der Waals surface area contributed by atoms with Crippen molar-refractivity contribution in [3.05, 3.63) is 0 Å². The van der Waals surface area contributed by atoms with Crippen molar-refractivity contribution in [1.29, 1.82) is 5.26 Å². The van der Waals surface area contributed by atoms with Crippen LogP contribution in [0.3, 0.4) is 0 Å². The fraction of sp³-hybridized carbons (Fsp3) is 0.833. The molecule has 0 aromatic carbocycles. The second-order valence-corrected chi connectivity index (χ2v) is 4.02. The second-order valence-electron chi connectivity index (χ2n) is 2.32. The summed E-state index contributed by atoms with van der Waals surface area (Å²) in [5, 5.41) is 9.30. The van der Waals surface area contributed by atoms with Gasteiger partial charge in [0.2, 0.25) is 0 Å². The summed E-state index contributed by atoms with van der Waals surface area (Å²) in [6, 6.07) is 2.24. The molecule has 0 atom stereocenters. The molecule has 10 heavy (non-hydrogen) atoms. The van der Waals surface area contributed by atoms with Crippen molar-refractivity contribution in [3.8, 4) is 6.07 Å². The zero-order valence-electron chi connectivity index (χ0n) is 5.66. The fourth-order valence-corrected chi connectivity index (χ4v) is 1.72. The summed E-state index contributed by atoms with van der Waals surface area (Å²) >= 11 is 5.86. The highest BCUT2D eigenvalue weighted by molar-refractivity contribution is 8.09. The van der Waals surface area contributed by atoms with E-state index < -0.39 is 0 Å². The van der Waals surface area contributed by atoms with Crippen LogP contribution in [0, 0.1) is 17.2 Å². The Hall–Kier alpha value is 0.150. The van der Waals surface area contributed by atoms with Crippen LogP contribution in [0.5, 0.6) is 0 Å². The molecule has 0 bridgehead atoms. The smallest absolute Gasteiger partial charge is 0.0718 e. The molecule has 0 aromatic heterocycles. The molecule has 0 radical (unpaired) electrons. The third-order valence-corrected chi connectivity index (χ3v) is 2.78. The Kier molecular flexibility index (Phi) is 3.40. The lowest BCUT2D eigenvalue weighted by atomic mass is 10.0. The molecule has 0 N–H and O–H groups in total. The maximum absolute atomic E-state index is 8.43. The molecular weight excluding hydrogens is 164 g/mol. The number of likely N-dealkylation sites (tertiary alicyclic amines) is 1. The maximum atomic E-state index is 8.43. The molecule has 4 heteroatoms. The average molecular weight is 174 g/mol. The number of rotatable bonds is 3. The lowest BCUT2D eigenvalue weighted by Gasteiger charge is -2.34. The minimum Gasteiger partial charge on any atom is -0.291 e. The van der Waals surface area contributed by atoms with E-state index in [1.165, 1.54) is 0 Å². The van der Waals surface area contributed by atoms with Crippen molar-refractivity contribution >= 4 is 24.4 Å². The quantitative estimate of drug-likeness (QED) is 0.511.